The smallest absolute Gasteiger partial charge is 0.335 e. The number of carboxylic acids is 1. The van der Waals surface area contributed by atoms with Crippen molar-refractivity contribution >= 4 is 11.9 Å². The number of ether oxygens (including phenoxy) is 1. The maximum absolute atomic E-state index is 13.8. The molecule has 1 aliphatic rings. The SMILES string of the molecule is CC(C)C1OCCC1CNC(=O)c1ccc(C(=O)O)cc1F. The Morgan fingerprint density at radius 3 is 2.77 bits per heavy atom. The standard InChI is InChI=1S/C16H20FNO4/c1-9(2)14-11(5-6-22-14)8-18-15(19)12-4-3-10(16(20)21)7-13(12)17/h3-4,7,9,11,14H,5-6,8H2,1-2H3,(H,18,19)(H,20,21). The lowest BCUT2D eigenvalue weighted by Crippen LogP contribution is -2.35. The minimum absolute atomic E-state index is 0.0968. The van der Waals surface area contributed by atoms with Crippen molar-refractivity contribution < 1.29 is 23.8 Å². The van der Waals surface area contributed by atoms with Crippen LogP contribution in [0, 0.1) is 17.7 Å². The number of amides is 1. The Morgan fingerprint density at radius 1 is 1.45 bits per heavy atom. The van der Waals surface area contributed by atoms with E-state index in [1.165, 1.54) is 12.1 Å². The van der Waals surface area contributed by atoms with Crippen molar-refractivity contribution in [2.75, 3.05) is 13.2 Å². The fourth-order valence-electron chi connectivity index (χ4n) is 2.76. The molecule has 6 heteroatoms. The lowest BCUT2D eigenvalue weighted by Gasteiger charge is -2.22. The largest absolute Gasteiger partial charge is 0.478 e. The van der Waals surface area contributed by atoms with Crippen LogP contribution in [0.1, 0.15) is 41.0 Å². The molecule has 0 aliphatic carbocycles. The van der Waals surface area contributed by atoms with Gasteiger partial charge in [0.1, 0.15) is 5.82 Å². The van der Waals surface area contributed by atoms with E-state index in [2.05, 4.69) is 19.2 Å². The maximum atomic E-state index is 13.8. The van der Waals surface area contributed by atoms with Crippen molar-refractivity contribution in [2.45, 2.75) is 26.4 Å². The normalized spacial score (nSPS) is 21.1. The molecule has 2 unspecified atom stereocenters. The van der Waals surface area contributed by atoms with Crippen molar-refractivity contribution in [1.82, 2.24) is 5.32 Å². The van der Waals surface area contributed by atoms with Crippen molar-refractivity contribution in [3.8, 4) is 0 Å². The van der Waals surface area contributed by atoms with E-state index in [1.807, 2.05) is 0 Å². The van der Waals surface area contributed by atoms with E-state index >= 15 is 0 Å². The number of nitrogens with one attached hydrogen (secondary N) is 1. The van der Waals surface area contributed by atoms with E-state index in [9.17, 15) is 14.0 Å². The average molecular weight is 309 g/mol. The second-order valence-electron chi connectivity index (χ2n) is 5.84. The summed E-state index contributed by atoms with van der Waals surface area (Å²) in [6, 6.07) is 3.27. The third-order valence-electron chi connectivity index (χ3n) is 3.91. The van der Waals surface area contributed by atoms with E-state index in [1.54, 1.807) is 0 Å². The first-order valence-electron chi connectivity index (χ1n) is 7.32. The summed E-state index contributed by atoms with van der Waals surface area (Å²) in [4.78, 5) is 22.8. The molecule has 120 valence electrons. The summed E-state index contributed by atoms with van der Waals surface area (Å²) in [6.07, 6.45) is 0.961. The Hall–Kier alpha value is -1.95. The first-order chi connectivity index (χ1) is 10.4. The number of benzene rings is 1. The van der Waals surface area contributed by atoms with Gasteiger partial charge in [-0.2, -0.15) is 0 Å². The molecule has 0 aromatic heterocycles. The van der Waals surface area contributed by atoms with Crippen LogP contribution < -0.4 is 5.32 Å². The number of hydrogen-bond acceptors (Lipinski definition) is 3. The Labute approximate surface area is 128 Å². The van der Waals surface area contributed by atoms with Gasteiger partial charge < -0.3 is 15.2 Å². The molecule has 2 atom stereocenters. The van der Waals surface area contributed by atoms with Gasteiger partial charge in [-0.15, -0.1) is 0 Å². The number of carbonyl (C=O) groups is 2. The first-order valence-corrected chi connectivity index (χ1v) is 7.32. The van der Waals surface area contributed by atoms with Gasteiger partial charge in [-0.25, -0.2) is 9.18 Å². The minimum atomic E-state index is -1.23. The molecule has 0 radical (unpaired) electrons. The van der Waals surface area contributed by atoms with Crippen LogP contribution in [0.3, 0.4) is 0 Å². The zero-order valence-electron chi connectivity index (χ0n) is 12.6. The second kappa shape index (κ2) is 6.87. The van der Waals surface area contributed by atoms with E-state index in [0.717, 1.165) is 12.5 Å². The predicted octanol–water partition coefficient (Wildman–Crippen LogP) is 2.31. The number of aromatic carboxylic acids is 1. The molecule has 1 amide bonds. The van der Waals surface area contributed by atoms with Gasteiger partial charge in [0.15, 0.2) is 0 Å². The molecule has 2 N–H and O–H groups in total. The van der Waals surface area contributed by atoms with Crippen LogP contribution in [0.25, 0.3) is 0 Å². The molecule has 1 saturated heterocycles. The molecule has 1 aromatic rings. The highest BCUT2D eigenvalue weighted by Gasteiger charge is 2.31. The Bertz CT molecular complexity index is 573. The molecule has 1 heterocycles. The molecular formula is C16H20FNO4. The molecule has 22 heavy (non-hydrogen) atoms. The molecule has 5 nitrogen and oxygen atoms in total. The van der Waals surface area contributed by atoms with Crippen LogP contribution in [-0.2, 0) is 4.74 Å². The van der Waals surface area contributed by atoms with Crippen molar-refractivity contribution in [3.63, 3.8) is 0 Å². The maximum Gasteiger partial charge on any atom is 0.335 e. The monoisotopic (exact) mass is 309 g/mol. The van der Waals surface area contributed by atoms with Crippen LogP contribution in [0.2, 0.25) is 0 Å². The quantitative estimate of drug-likeness (QED) is 0.875. The highest BCUT2D eigenvalue weighted by molar-refractivity contribution is 5.96. The van der Waals surface area contributed by atoms with Crippen LogP contribution in [0.15, 0.2) is 18.2 Å². The minimum Gasteiger partial charge on any atom is -0.478 e. The van der Waals surface area contributed by atoms with E-state index in [0.29, 0.717) is 19.1 Å². The summed E-state index contributed by atoms with van der Waals surface area (Å²) in [5.41, 5.74) is -0.330. The molecule has 0 spiro atoms. The molecule has 1 fully saturated rings. The van der Waals surface area contributed by atoms with Crippen molar-refractivity contribution in [1.29, 1.82) is 0 Å². The number of halogens is 1. The number of carbonyl (C=O) groups excluding carboxylic acids is 1. The number of rotatable bonds is 5. The van der Waals surface area contributed by atoms with E-state index in [-0.39, 0.29) is 23.1 Å². The zero-order chi connectivity index (χ0) is 16.3. The summed E-state index contributed by atoms with van der Waals surface area (Å²) >= 11 is 0. The van der Waals surface area contributed by atoms with Gasteiger partial charge in [-0.3, -0.25) is 4.79 Å². The Morgan fingerprint density at radius 2 is 2.18 bits per heavy atom. The van der Waals surface area contributed by atoms with Crippen LogP contribution in [0.4, 0.5) is 4.39 Å². The summed E-state index contributed by atoms with van der Waals surface area (Å²) in [6.45, 7) is 5.22. The Balaban J connectivity index is 1.99. The summed E-state index contributed by atoms with van der Waals surface area (Å²) in [5, 5.41) is 11.5. The molecule has 0 saturated carbocycles. The number of carboxylic acid groups (broad SMARTS) is 1. The van der Waals surface area contributed by atoms with Gasteiger partial charge in [0.2, 0.25) is 0 Å². The zero-order valence-corrected chi connectivity index (χ0v) is 12.6. The van der Waals surface area contributed by atoms with Crippen LogP contribution >= 0.6 is 0 Å². The van der Waals surface area contributed by atoms with Crippen LogP contribution in [-0.4, -0.2) is 36.2 Å². The lowest BCUT2D eigenvalue weighted by molar-refractivity contribution is 0.0533. The van der Waals surface area contributed by atoms with Gasteiger partial charge in [0, 0.05) is 19.1 Å². The second-order valence-corrected chi connectivity index (χ2v) is 5.84. The van der Waals surface area contributed by atoms with Crippen LogP contribution in [0.5, 0.6) is 0 Å². The van der Waals surface area contributed by atoms with E-state index in [4.69, 9.17) is 9.84 Å². The fraction of sp³-hybridized carbons (Fsp3) is 0.500. The summed E-state index contributed by atoms with van der Waals surface area (Å²) in [7, 11) is 0. The summed E-state index contributed by atoms with van der Waals surface area (Å²) in [5.74, 6) is -2.03. The highest BCUT2D eigenvalue weighted by atomic mass is 19.1. The van der Waals surface area contributed by atoms with Crippen molar-refractivity contribution in [2.24, 2.45) is 11.8 Å². The third kappa shape index (κ3) is 3.62. The van der Waals surface area contributed by atoms with Gasteiger partial charge in [-0.1, -0.05) is 13.8 Å². The molecule has 1 aliphatic heterocycles. The predicted molar refractivity (Wildman–Crippen MR) is 78.4 cm³/mol. The summed E-state index contributed by atoms with van der Waals surface area (Å²) < 4.78 is 19.5. The first kappa shape index (κ1) is 16.4. The fourth-order valence-corrected chi connectivity index (χ4v) is 2.76. The highest BCUT2D eigenvalue weighted by Crippen LogP contribution is 2.26. The van der Waals surface area contributed by atoms with Gasteiger partial charge >= 0.3 is 5.97 Å². The molecule has 1 aromatic carbocycles. The Kier molecular flexibility index (Phi) is 5.13. The van der Waals surface area contributed by atoms with Gasteiger partial charge in [0.25, 0.3) is 5.91 Å². The number of hydrogen-bond donors (Lipinski definition) is 2. The molecular weight excluding hydrogens is 289 g/mol. The average Bonchev–Trinajstić information content (AvgIpc) is 2.93. The topological polar surface area (TPSA) is 75.6 Å². The van der Waals surface area contributed by atoms with Crippen molar-refractivity contribution in [3.05, 3.63) is 35.1 Å². The third-order valence-corrected chi connectivity index (χ3v) is 3.91. The molecule has 0 bridgehead atoms. The van der Waals surface area contributed by atoms with Gasteiger partial charge in [0.05, 0.1) is 17.2 Å². The lowest BCUT2D eigenvalue weighted by atomic mass is 9.93. The van der Waals surface area contributed by atoms with Gasteiger partial charge in [-0.05, 0) is 30.5 Å². The van der Waals surface area contributed by atoms with E-state index < -0.39 is 17.7 Å². The molecule has 2 rings (SSSR count).